The Hall–Kier alpha value is -6.12. The van der Waals surface area contributed by atoms with Gasteiger partial charge in [0.15, 0.2) is 0 Å². The van der Waals surface area contributed by atoms with Gasteiger partial charge in [0.25, 0.3) is 0 Å². The molecule has 248 valence electrons. The molecule has 1 heterocycles. The van der Waals surface area contributed by atoms with E-state index in [1.807, 2.05) is 0 Å². The molecular weight excluding hydrogens is 631 g/mol. The highest BCUT2D eigenvalue weighted by Gasteiger charge is 2.39. The van der Waals surface area contributed by atoms with Crippen molar-refractivity contribution in [1.29, 1.82) is 0 Å². The zero-order valence-corrected chi connectivity index (χ0v) is 29.8. The van der Waals surface area contributed by atoms with E-state index in [9.17, 15) is 0 Å². The van der Waals surface area contributed by atoms with Crippen LogP contribution in [-0.2, 0) is 10.8 Å². The van der Waals surface area contributed by atoms with Crippen LogP contribution in [0.5, 0.6) is 0 Å². The second kappa shape index (κ2) is 10.2. The minimum atomic E-state index is -0.176. The number of benzene rings is 8. The van der Waals surface area contributed by atoms with Gasteiger partial charge in [0.2, 0.25) is 0 Å². The molecule has 0 radical (unpaired) electrons. The fraction of sp³-hybridized carbons (Fsp3) is 0.120. The second-order valence-electron chi connectivity index (χ2n) is 15.8. The topological polar surface area (TPSA) is 16.4 Å². The zero-order valence-electron chi connectivity index (χ0n) is 29.8. The number of rotatable bonds is 3. The number of anilines is 3. The SMILES string of the molecule is CC1(C)c2cc3ccccc3cc2-c2cc3ccc(N(c4ccccc4)c4ccc5c(c4)C(C)(C)c4ccc6oc7ccccc7c6c4-5)cc3cc21. The van der Waals surface area contributed by atoms with Gasteiger partial charge >= 0.3 is 0 Å². The van der Waals surface area contributed by atoms with Crippen molar-refractivity contribution < 1.29 is 4.42 Å². The predicted octanol–water partition coefficient (Wildman–Crippen LogP) is 14.0. The Labute approximate surface area is 303 Å². The average molecular weight is 668 g/mol. The lowest BCUT2D eigenvalue weighted by molar-refractivity contribution is 0.656. The van der Waals surface area contributed by atoms with E-state index >= 15 is 0 Å². The lowest BCUT2D eigenvalue weighted by atomic mass is 9.81. The van der Waals surface area contributed by atoms with Gasteiger partial charge in [-0.1, -0.05) is 107 Å². The minimum Gasteiger partial charge on any atom is -0.456 e. The molecule has 2 aliphatic rings. The zero-order chi connectivity index (χ0) is 34.9. The predicted molar refractivity (Wildman–Crippen MR) is 219 cm³/mol. The summed E-state index contributed by atoms with van der Waals surface area (Å²) >= 11 is 0. The summed E-state index contributed by atoms with van der Waals surface area (Å²) in [5, 5.41) is 7.50. The van der Waals surface area contributed by atoms with Crippen molar-refractivity contribution in [3.05, 3.63) is 174 Å². The molecule has 0 amide bonds. The van der Waals surface area contributed by atoms with Crippen LogP contribution in [0.25, 0.3) is 65.7 Å². The highest BCUT2D eigenvalue weighted by atomic mass is 16.3. The summed E-state index contributed by atoms with van der Waals surface area (Å²) < 4.78 is 6.34. The van der Waals surface area contributed by atoms with Crippen LogP contribution in [0, 0.1) is 0 Å². The minimum absolute atomic E-state index is 0.0929. The van der Waals surface area contributed by atoms with Gasteiger partial charge in [-0.05, 0) is 139 Å². The molecule has 8 aromatic carbocycles. The number of furan rings is 1. The van der Waals surface area contributed by atoms with E-state index in [4.69, 9.17) is 4.42 Å². The summed E-state index contributed by atoms with van der Waals surface area (Å²) in [6.45, 7) is 9.48. The van der Waals surface area contributed by atoms with Crippen LogP contribution in [0.2, 0.25) is 0 Å². The summed E-state index contributed by atoms with van der Waals surface area (Å²) in [5.74, 6) is 0. The molecule has 0 spiro atoms. The molecule has 2 heteroatoms. The Balaban J connectivity index is 1.08. The molecule has 52 heavy (non-hydrogen) atoms. The molecule has 0 atom stereocenters. The van der Waals surface area contributed by atoms with Crippen molar-refractivity contribution in [3.63, 3.8) is 0 Å². The molecular formula is C50H37NO. The lowest BCUT2D eigenvalue weighted by Gasteiger charge is -2.28. The Morgan fingerprint density at radius 1 is 0.404 bits per heavy atom. The normalized spacial score (nSPS) is 14.8. The van der Waals surface area contributed by atoms with Gasteiger partial charge in [0.1, 0.15) is 11.2 Å². The Morgan fingerprint density at radius 2 is 1.00 bits per heavy atom. The Morgan fingerprint density at radius 3 is 1.79 bits per heavy atom. The van der Waals surface area contributed by atoms with Crippen LogP contribution in [0.4, 0.5) is 17.1 Å². The average Bonchev–Trinajstić information content (AvgIpc) is 3.73. The molecule has 0 saturated carbocycles. The highest BCUT2D eigenvalue weighted by Crippen LogP contribution is 2.55. The fourth-order valence-corrected chi connectivity index (χ4v) is 9.48. The smallest absolute Gasteiger partial charge is 0.136 e. The molecule has 0 bridgehead atoms. The van der Waals surface area contributed by atoms with Crippen LogP contribution in [0.3, 0.4) is 0 Å². The van der Waals surface area contributed by atoms with Crippen molar-refractivity contribution in [2.45, 2.75) is 38.5 Å². The molecule has 11 rings (SSSR count). The van der Waals surface area contributed by atoms with Crippen molar-refractivity contribution in [2.75, 3.05) is 4.90 Å². The number of nitrogens with zero attached hydrogens (tertiary/aromatic N) is 1. The van der Waals surface area contributed by atoms with Crippen molar-refractivity contribution in [3.8, 4) is 22.3 Å². The Kier molecular flexibility index (Phi) is 5.83. The van der Waals surface area contributed by atoms with E-state index in [0.29, 0.717) is 0 Å². The van der Waals surface area contributed by atoms with Gasteiger partial charge < -0.3 is 9.32 Å². The van der Waals surface area contributed by atoms with Gasteiger partial charge in [-0.2, -0.15) is 0 Å². The molecule has 0 saturated heterocycles. The summed E-state index contributed by atoms with van der Waals surface area (Å²) in [4.78, 5) is 2.42. The van der Waals surface area contributed by atoms with Crippen LogP contribution < -0.4 is 4.90 Å². The van der Waals surface area contributed by atoms with Crippen LogP contribution in [0.15, 0.2) is 156 Å². The van der Waals surface area contributed by atoms with Crippen molar-refractivity contribution in [2.24, 2.45) is 0 Å². The van der Waals surface area contributed by atoms with E-state index in [2.05, 4.69) is 184 Å². The quantitative estimate of drug-likeness (QED) is 0.186. The van der Waals surface area contributed by atoms with Gasteiger partial charge in [0.05, 0.1) is 0 Å². The first-order chi connectivity index (χ1) is 25.3. The van der Waals surface area contributed by atoms with Gasteiger partial charge in [-0.3, -0.25) is 0 Å². The van der Waals surface area contributed by atoms with E-state index < -0.39 is 0 Å². The molecule has 2 aliphatic carbocycles. The monoisotopic (exact) mass is 667 g/mol. The number of fused-ring (bicyclic) bond motifs is 12. The maximum atomic E-state index is 6.34. The first-order valence-electron chi connectivity index (χ1n) is 18.3. The highest BCUT2D eigenvalue weighted by molar-refractivity contribution is 6.15. The molecule has 2 nitrogen and oxygen atoms in total. The molecule has 1 aromatic heterocycles. The number of para-hydroxylation sites is 2. The standard InChI is InChI=1S/C50H37NO/c1-49(2)41-22-23-46-48(38-16-10-11-17-45(38)52-46)47(41)37-21-20-36(29-44(37)49)51(34-14-6-5-7-15-34)35-19-18-32-26-40-39-25-30-12-8-9-13-31(30)27-42(39)50(3,4)43(40)28-33(32)24-35/h5-29H,1-4H3. The fourth-order valence-electron chi connectivity index (χ4n) is 9.48. The summed E-state index contributed by atoms with van der Waals surface area (Å²) in [7, 11) is 0. The summed E-state index contributed by atoms with van der Waals surface area (Å²) in [6, 6.07) is 56.1. The van der Waals surface area contributed by atoms with E-state index in [1.54, 1.807) is 0 Å². The van der Waals surface area contributed by atoms with Crippen LogP contribution >= 0.6 is 0 Å². The molecule has 0 N–H and O–H groups in total. The van der Waals surface area contributed by atoms with E-state index in [0.717, 1.165) is 28.2 Å². The van der Waals surface area contributed by atoms with E-state index in [1.165, 1.54) is 76.8 Å². The lowest BCUT2D eigenvalue weighted by Crippen LogP contribution is -2.16. The number of hydrogen-bond acceptors (Lipinski definition) is 2. The third kappa shape index (κ3) is 3.95. The first kappa shape index (κ1) is 29.6. The maximum Gasteiger partial charge on any atom is 0.136 e. The van der Waals surface area contributed by atoms with E-state index in [-0.39, 0.29) is 10.8 Å². The van der Waals surface area contributed by atoms with Crippen LogP contribution in [-0.4, -0.2) is 0 Å². The van der Waals surface area contributed by atoms with Gasteiger partial charge in [-0.15, -0.1) is 0 Å². The van der Waals surface area contributed by atoms with Gasteiger partial charge in [-0.25, -0.2) is 0 Å². The number of hydrogen-bond donors (Lipinski definition) is 0. The van der Waals surface area contributed by atoms with Crippen molar-refractivity contribution in [1.82, 2.24) is 0 Å². The maximum absolute atomic E-state index is 6.34. The molecule has 0 fully saturated rings. The second-order valence-corrected chi connectivity index (χ2v) is 15.8. The summed E-state index contributed by atoms with van der Waals surface area (Å²) in [6.07, 6.45) is 0. The van der Waals surface area contributed by atoms with Crippen LogP contribution in [0.1, 0.15) is 49.9 Å². The molecule has 0 unspecified atom stereocenters. The summed E-state index contributed by atoms with van der Waals surface area (Å²) in [5.41, 5.74) is 15.8. The van der Waals surface area contributed by atoms with Crippen molar-refractivity contribution >= 4 is 60.5 Å². The third-order valence-corrected chi connectivity index (χ3v) is 12.2. The third-order valence-electron chi connectivity index (χ3n) is 12.2. The largest absolute Gasteiger partial charge is 0.456 e. The molecule has 0 aliphatic heterocycles. The molecule has 9 aromatic rings. The Bertz CT molecular complexity index is 2960. The van der Waals surface area contributed by atoms with Gasteiger partial charge in [0, 0.05) is 38.7 Å². The first-order valence-corrected chi connectivity index (χ1v) is 18.3.